The predicted molar refractivity (Wildman–Crippen MR) is 150 cm³/mol. The van der Waals surface area contributed by atoms with Gasteiger partial charge in [0.05, 0.1) is 16.3 Å². The van der Waals surface area contributed by atoms with E-state index in [9.17, 15) is 4.79 Å². The molecule has 1 fully saturated rings. The molecule has 0 radical (unpaired) electrons. The van der Waals surface area contributed by atoms with E-state index in [0.29, 0.717) is 51.1 Å². The first kappa shape index (κ1) is 27.5. The van der Waals surface area contributed by atoms with Crippen LogP contribution < -0.4 is 15.4 Å². The molecule has 0 aliphatic heterocycles. The van der Waals surface area contributed by atoms with Gasteiger partial charge in [-0.25, -0.2) is 0 Å². The Hall–Kier alpha value is -2.54. The summed E-state index contributed by atoms with van der Waals surface area (Å²) in [7, 11) is 0. The van der Waals surface area contributed by atoms with Crippen LogP contribution in [0.5, 0.6) is 11.6 Å². The summed E-state index contributed by atoms with van der Waals surface area (Å²) in [4.78, 5) is 13.5. The Morgan fingerprint density at radius 3 is 2.49 bits per heavy atom. The third-order valence-corrected chi connectivity index (χ3v) is 7.60. The fourth-order valence-electron chi connectivity index (χ4n) is 4.74. The monoisotopic (exact) mass is 542 g/mol. The van der Waals surface area contributed by atoms with Crippen LogP contribution in [0, 0.1) is 5.92 Å². The van der Waals surface area contributed by atoms with Gasteiger partial charge in [-0.15, -0.1) is 0 Å². The summed E-state index contributed by atoms with van der Waals surface area (Å²) >= 11 is 12.7. The largest absolute Gasteiger partial charge is 0.439 e. The Kier molecular flexibility index (Phi) is 9.52. The molecule has 1 aliphatic carbocycles. The first-order chi connectivity index (χ1) is 17.9. The molecule has 0 spiro atoms. The fourth-order valence-corrected chi connectivity index (χ4v) is 5.08. The van der Waals surface area contributed by atoms with E-state index in [1.807, 2.05) is 18.2 Å². The number of hydrogen-bond donors (Lipinski definition) is 2. The highest BCUT2D eigenvalue weighted by molar-refractivity contribution is 6.32. The van der Waals surface area contributed by atoms with Crippen molar-refractivity contribution >= 4 is 29.1 Å². The van der Waals surface area contributed by atoms with Crippen LogP contribution in [0.3, 0.4) is 0 Å². The minimum atomic E-state index is -0.190. The number of carbonyl (C=O) groups is 1. The van der Waals surface area contributed by atoms with Crippen molar-refractivity contribution in [2.24, 2.45) is 5.92 Å². The molecule has 2 aromatic carbocycles. The normalized spacial score (nSPS) is 15.5. The van der Waals surface area contributed by atoms with Gasteiger partial charge in [0.25, 0.3) is 5.91 Å². The lowest BCUT2D eigenvalue weighted by molar-refractivity contribution is 0.0931. The summed E-state index contributed by atoms with van der Waals surface area (Å²) < 4.78 is 8.04. The van der Waals surface area contributed by atoms with Gasteiger partial charge in [-0.3, -0.25) is 4.79 Å². The second-order valence-corrected chi connectivity index (χ2v) is 10.9. The summed E-state index contributed by atoms with van der Waals surface area (Å²) in [6, 6.07) is 15.0. The third-order valence-electron chi connectivity index (χ3n) is 7.03. The van der Waals surface area contributed by atoms with Gasteiger partial charge < -0.3 is 15.4 Å². The van der Waals surface area contributed by atoms with Gasteiger partial charge in [-0.1, -0.05) is 68.4 Å². The topological polar surface area (TPSA) is 68.2 Å². The second kappa shape index (κ2) is 12.8. The molecular weight excluding hydrogens is 507 g/mol. The smallest absolute Gasteiger partial charge is 0.272 e. The van der Waals surface area contributed by atoms with Crippen molar-refractivity contribution in [1.29, 1.82) is 0 Å². The van der Waals surface area contributed by atoms with Crippen LogP contribution >= 0.6 is 23.2 Å². The third kappa shape index (κ3) is 7.07. The van der Waals surface area contributed by atoms with E-state index in [1.54, 1.807) is 35.0 Å². The van der Waals surface area contributed by atoms with E-state index >= 15 is 0 Å². The molecule has 0 bridgehead atoms. The lowest BCUT2D eigenvalue weighted by atomic mass is 10.0. The molecule has 1 heterocycles. The van der Waals surface area contributed by atoms with Gasteiger partial charge in [0.2, 0.25) is 5.88 Å². The number of benzene rings is 2. The maximum absolute atomic E-state index is 13.5. The number of hydrogen-bond acceptors (Lipinski definition) is 4. The SMILES string of the molecule is CCC(C)CC(C)NCc1c(C(=O)NC2CCCC2)nn(-c2ccccc2Cl)c1Oc1ccc(Cl)cc1. The highest BCUT2D eigenvalue weighted by Gasteiger charge is 2.28. The van der Waals surface area contributed by atoms with Gasteiger partial charge in [0.1, 0.15) is 5.75 Å². The highest BCUT2D eigenvalue weighted by atomic mass is 35.5. The maximum Gasteiger partial charge on any atom is 0.272 e. The summed E-state index contributed by atoms with van der Waals surface area (Å²) in [5.41, 5.74) is 1.68. The molecule has 2 N–H and O–H groups in total. The number of para-hydroxylation sites is 1. The Morgan fingerprint density at radius 1 is 1.11 bits per heavy atom. The average molecular weight is 544 g/mol. The van der Waals surface area contributed by atoms with E-state index in [0.717, 1.165) is 38.5 Å². The van der Waals surface area contributed by atoms with E-state index in [2.05, 4.69) is 31.4 Å². The Bertz CT molecular complexity index is 1190. The fraction of sp³-hybridized carbons (Fsp3) is 0.448. The van der Waals surface area contributed by atoms with Crippen LogP contribution in [0.2, 0.25) is 10.0 Å². The Balaban J connectivity index is 1.76. The molecule has 198 valence electrons. The van der Waals surface area contributed by atoms with Crippen LogP contribution in [0.4, 0.5) is 0 Å². The van der Waals surface area contributed by atoms with E-state index in [4.69, 9.17) is 33.0 Å². The molecule has 6 nitrogen and oxygen atoms in total. The number of amides is 1. The standard InChI is InChI=1S/C29H36Cl2N4O2/c1-4-19(2)17-20(3)32-18-24-27(28(36)33-22-9-5-6-10-22)34-35(26-12-8-7-11-25(26)31)29(24)37-23-15-13-21(30)14-16-23/h7-8,11-16,19-20,22,32H,4-6,9-10,17-18H2,1-3H3,(H,33,36). The van der Waals surface area contributed by atoms with Gasteiger partial charge in [-0.05, 0) is 68.5 Å². The summed E-state index contributed by atoms with van der Waals surface area (Å²) in [6.45, 7) is 7.05. The van der Waals surface area contributed by atoms with E-state index in [-0.39, 0.29) is 18.0 Å². The van der Waals surface area contributed by atoms with Crippen molar-refractivity contribution < 1.29 is 9.53 Å². The average Bonchev–Trinajstić information content (AvgIpc) is 3.52. The van der Waals surface area contributed by atoms with Crippen molar-refractivity contribution in [3.63, 3.8) is 0 Å². The minimum Gasteiger partial charge on any atom is -0.439 e. The minimum absolute atomic E-state index is 0.170. The number of nitrogens with one attached hydrogen (secondary N) is 2. The number of nitrogens with zero attached hydrogens (tertiary/aromatic N) is 2. The van der Waals surface area contributed by atoms with E-state index < -0.39 is 0 Å². The Morgan fingerprint density at radius 2 is 1.81 bits per heavy atom. The molecule has 1 saturated carbocycles. The lowest BCUT2D eigenvalue weighted by Crippen LogP contribution is -2.34. The van der Waals surface area contributed by atoms with E-state index in [1.165, 1.54) is 0 Å². The van der Waals surface area contributed by atoms with Crippen molar-refractivity contribution in [2.45, 2.75) is 77.9 Å². The van der Waals surface area contributed by atoms with Crippen LogP contribution in [0.1, 0.15) is 75.3 Å². The number of ether oxygens (including phenoxy) is 1. The molecule has 3 aromatic rings. The van der Waals surface area contributed by atoms with Gasteiger partial charge in [0.15, 0.2) is 5.69 Å². The summed E-state index contributed by atoms with van der Waals surface area (Å²) in [5, 5.41) is 12.7. The number of carbonyl (C=O) groups excluding carboxylic acids is 1. The maximum atomic E-state index is 13.5. The van der Waals surface area contributed by atoms with Gasteiger partial charge in [-0.2, -0.15) is 9.78 Å². The molecular formula is C29H36Cl2N4O2. The molecule has 2 unspecified atom stereocenters. The zero-order chi connectivity index (χ0) is 26.4. The second-order valence-electron chi connectivity index (χ2n) is 10.0. The molecule has 1 aromatic heterocycles. The van der Waals surface area contributed by atoms with Crippen LogP contribution in [-0.2, 0) is 6.54 Å². The number of halogens is 2. The van der Waals surface area contributed by atoms with Crippen molar-refractivity contribution in [2.75, 3.05) is 0 Å². The Labute approximate surface area is 229 Å². The quantitative estimate of drug-likeness (QED) is 0.262. The van der Waals surface area contributed by atoms with Crippen molar-refractivity contribution in [3.05, 3.63) is 69.8 Å². The molecule has 1 aliphatic rings. The van der Waals surface area contributed by atoms with Crippen LogP contribution in [0.25, 0.3) is 5.69 Å². The first-order valence-corrected chi connectivity index (χ1v) is 14.0. The van der Waals surface area contributed by atoms with Crippen molar-refractivity contribution in [1.82, 2.24) is 20.4 Å². The zero-order valence-corrected chi connectivity index (χ0v) is 23.3. The lowest BCUT2D eigenvalue weighted by Gasteiger charge is -2.18. The summed E-state index contributed by atoms with van der Waals surface area (Å²) in [6.07, 6.45) is 6.40. The molecule has 8 heteroatoms. The summed E-state index contributed by atoms with van der Waals surface area (Å²) in [5.74, 6) is 1.46. The molecule has 0 saturated heterocycles. The molecule has 1 amide bonds. The predicted octanol–water partition coefficient (Wildman–Crippen LogP) is 7.56. The molecule has 4 rings (SSSR count). The number of aromatic nitrogens is 2. The van der Waals surface area contributed by atoms with Crippen molar-refractivity contribution in [3.8, 4) is 17.3 Å². The number of rotatable bonds is 11. The highest BCUT2D eigenvalue weighted by Crippen LogP contribution is 2.34. The van der Waals surface area contributed by atoms with Crippen LogP contribution in [0.15, 0.2) is 48.5 Å². The van der Waals surface area contributed by atoms with Gasteiger partial charge in [0, 0.05) is 23.7 Å². The van der Waals surface area contributed by atoms with Crippen LogP contribution in [-0.4, -0.2) is 27.8 Å². The first-order valence-electron chi connectivity index (χ1n) is 13.2. The molecule has 37 heavy (non-hydrogen) atoms. The van der Waals surface area contributed by atoms with Gasteiger partial charge >= 0.3 is 0 Å². The molecule has 2 atom stereocenters. The zero-order valence-electron chi connectivity index (χ0n) is 21.8.